The number of benzene rings is 2. The Morgan fingerprint density at radius 1 is 1.11 bits per heavy atom. The van der Waals surface area contributed by atoms with Gasteiger partial charge in [0.15, 0.2) is 23.0 Å². The van der Waals surface area contributed by atoms with E-state index in [-0.39, 0.29) is 23.0 Å². The van der Waals surface area contributed by atoms with Gasteiger partial charge >= 0.3 is 0 Å². The molecule has 1 aliphatic rings. The molecule has 27 heavy (non-hydrogen) atoms. The Labute approximate surface area is 155 Å². The molecule has 0 atom stereocenters. The van der Waals surface area contributed by atoms with Gasteiger partial charge in [-0.05, 0) is 24.3 Å². The molecule has 1 aliphatic heterocycles. The molecule has 4 rings (SSSR count). The molecule has 0 bridgehead atoms. The minimum atomic E-state index is -4.06. The first kappa shape index (κ1) is 19.3. The van der Waals surface area contributed by atoms with Crippen LogP contribution in [0.3, 0.4) is 0 Å². The third kappa shape index (κ3) is 3.08. The molecular formula is C19H19F2NO4S. The van der Waals surface area contributed by atoms with Crippen molar-refractivity contribution in [2.24, 2.45) is 0 Å². The SMILES string of the molecule is C.COc1cc(S(=O)(=O)c2ccc(F)c(F)c2)cc2c3c(oc12)CCNC3. The maximum atomic E-state index is 13.5. The number of hydrogen-bond donors (Lipinski definition) is 1. The van der Waals surface area contributed by atoms with Crippen molar-refractivity contribution in [1.29, 1.82) is 0 Å². The molecule has 1 N–H and O–H groups in total. The molecule has 144 valence electrons. The topological polar surface area (TPSA) is 68.5 Å². The van der Waals surface area contributed by atoms with Crippen LogP contribution in [0, 0.1) is 11.6 Å². The summed E-state index contributed by atoms with van der Waals surface area (Å²) in [7, 11) is -2.64. The molecule has 0 spiro atoms. The predicted molar refractivity (Wildman–Crippen MR) is 96.7 cm³/mol. The van der Waals surface area contributed by atoms with Crippen molar-refractivity contribution in [3.63, 3.8) is 0 Å². The predicted octanol–water partition coefficient (Wildman–Crippen LogP) is 3.83. The normalized spacial score (nSPS) is 13.9. The van der Waals surface area contributed by atoms with Crippen molar-refractivity contribution in [3.8, 4) is 5.75 Å². The van der Waals surface area contributed by atoms with Gasteiger partial charge in [0.2, 0.25) is 9.84 Å². The van der Waals surface area contributed by atoms with Crippen LogP contribution in [-0.2, 0) is 22.8 Å². The first-order valence-electron chi connectivity index (χ1n) is 7.95. The van der Waals surface area contributed by atoms with E-state index in [2.05, 4.69) is 5.32 Å². The van der Waals surface area contributed by atoms with Gasteiger partial charge in [0.05, 0.1) is 16.9 Å². The van der Waals surface area contributed by atoms with Crippen LogP contribution in [0.25, 0.3) is 11.0 Å². The number of ether oxygens (including phenoxy) is 1. The maximum absolute atomic E-state index is 13.5. The van der Waals surface area contributed by atoms with Crippen molar-refractivity contribution < 1.29 is 26.4 Å². The van der Waals surface area contributed by atoms with E-state index in [0.29, 0.717) is 30.0 Å². The van der Waals surface area contributed by atoms with E-state index in [1.54, 1.807) is 0 Å². The standard InChI is InChI=1S/C18H15F2NO4S.CH4/c1-24-17-8-11(26(22,23)10-2-3-14(19)15(20)7-10)6-12-13-9-21-5-4-16(13)25-18(12)17;/h2-3,6-8,21H,4-5,9H2,1H3;1H4. The van der Waals surface area contributed by atoms with Gasteiger partial charge in [-0.1, -0.05) is 7.43 Å². The fourth-order valence-electron chi connectivity index (χ4n) is 3.14. The highest BCUT2D eigenvalue weighted by molar-refractivity contribution is 7.91. The lowest BCUT2D eigenvalue weighted by Gasteiger charge is -2.11. The quantitative estimate of drug-likeness (QED) is 0.683. The average molecular weight is 395 g/mol. The molecule has 5 nitrogen and oxygen atoms in total. The summed E-state index contributed by atoms with van der Waals surface area (Å²) in [4.78, 5) is -0.393. The molecule has 1 aromatic heterocycles. The monoisotopic (exact) mass is 395 g/mol. The van der Waals surface area contributed by atoms with Gasteiger partial charge in [-0.25, -0.2) is 17.2 Å². The molecule has 2 aromatic carbocycles. The van der Waals surface area contributed by atoms with Gasteiger partial charge < -0.3 is 14.5 Å². The van der Waals surface area contributed by atoms with E-state index in [4.69, 9.17) is 9.15 Å². The van der Waals surface area contributed by atoms with Gasteiger partial charge in [0.25, 0.3) is 0 Å². The summed E-state index contributed by atoms with van der Waals surface area (Å²) in [5, 5.41) is 3.85. The lowest BCUT2D eigenvalue weighted by Crippen LogP contribution is -2.22. The Hall–Kier alpha value is -2.45. The lowest BCUT2D eigenvalue weighted by atomic mass is 10.1. The molecule has 0 saturated carbocycles. The van der Waals surface area contributed by atoms with Crippen molar-refractivity contribution in [3.05, 3.63) is 53.3 Å². The second-order valence-corrected chi connectivity index (χ2v) is 7.96. The van der Waals surface area contributed by atoms with Crippen LogP contribution >= 0.6 is 0 Å². The van der Waals surface area contributed by atoms with Crippen LogP contribution in [-0.4, -0.2) is 22.1 Å². The van der Waals surface area contributed by atoms with Crippen molar-refractivity contribution in [1.82, 2.24) is 5.32 Å². The Morgan fingerprint density at radius 3 is 2.59 bits per heavy atom. The second kappa shape index (κ2) is 6.94. The summed E-state index contributed by atoms with van der Waals surface area (Å²) in [5.74, 6) is -1.26. The third-order valence-electron chi connectivity index (χ3n) is 4.48. The third-order valence-corrected chi connectivity index (χ3v) is 6.21. The first-order chi connectivity index (χ1) is 12.4. The van der Waals surface area contributed by atoms with Crippen molar-refractivity contribution >= 4 is 20.8 Å². The van der Waals surface area contributed by atoms with Gasteiger partial charge in [0.1, 0.15) is 5.76 Å². The van der Waals surface area contributed by atoms with Crippen LogP contribution in [0.15, 0.2) is 44.5 Å². The molecule has 0 radical (unpaired) electrons. The van der Waals surface area contributed by atoms with Crippen LogP contribution in [0.5, 0.6) is 5.75 Å². The summed E-state index contributed by atoms with van der Waals surface area (Å²) in [6.45, 7) is 1.33. The van der Waals surface area contributed by atoms with E-state index >= 15 is 0 Å². The van der Waals surface area contributed by atoms with Crippen LogP contribution in [0.1, 0.15) is 18.8 Å². The number of furan rings is 1. The van der Waals surface area contributed by atoms with Gasteiger partial charge in [-0.15, -0.1) is 0 Å². The lowest BCUT2D eigenvalue weighted by molar-refractivity contribution is 0.404. The van der Waals surface area contributed by atoms with Gasteiger partial charge in [0, 0.05) is 36.5 Å². The number of hydrogen-bond acceptors (Lipinski definition) is 5. The van der Waals surface area contributed by atoms with Crippen molar-refractivity contribution in [2.45, 2.75) is 30.2 Å². The summed E-state index contributed by atoms with van der Waals surface area (Å²) in [5.41, 5.74) is 1.36. The number of nitrogens with one attached hydrogen (secondary N) is 1. The Bertz CT molecular complexity index is 1120. The second-order valence-electron chi connectivity index (χ2n) is 6.01. The molecule has 0 amide bonds. The largest absolute Gasteiger partial charge is 0.493 e. The highest BCUT2D eigenvalue weighted by Crippen LogP contribution is 2.38. The average Bonchev–Trinajstić information content (AvgIpc) is 3.01. The van der Waals surface area contributed by atoms with Crippen LogP contribution in [0.4, 0.5) is 8.78 Å². The zero-order valence-electron chi connectivity index (χ0n) is 13.8. The highest BCUT2D eigenvalue weighted by Gasteiger charge is 2.26. The number of methoxy groups -OCH3 is 1. The van der Waals surface area contributed by atoms with Crippen molar-refractivity contribution in [2.75, 3.05) is 13.7 Å². The molecule has 0 fully saturated rings. The Balaban J connectivity index is 0.00000210. The zero-order chi connectivity index (χ0) is 18.5. The van der Waals surface area contributed by atoms with E-state index in [0.717, 1.165) is 30.0 Å². The molecule has 0 aliphatic carbocycles. The first-order valence-corrected chi connectivity index (χ1v) is 9.43. The molecular weight excluding hydrogens is 376 g/mol. The van der Waals surface area contributed by atoms with Crippen LogP contribution < -0.4 is 10.1 Å². The molecule has 0 unspecified atom stereocenters. The minimum Gasteiger partial charge on any atom is -0.493 e. The van der Waals surface area contributed by atoms with Crippen LogP contribution in [0.2, 0.25) is 0 Å². The molecule has 2 heterocycles. The zero-order valence-corrected chi connectivity index (χ0v) is 14.6. The number of rotatable bonds is 3. The number of fused-ring (bicyclic) bond motifs is 3. The summed E-state index contributed by atoms with van der Waals surface area (Å²) in [6, 6.07) is 5.33. The summed E-state index contributed by atoms with van der Waals surface area (Å²) >= 11 is 0. The minimum absolute atomic E-state index is 0. The van der Waals surface area contributed by atoms with Gasteiger partial charge in [-0.2, -0.15) is 0 Å². The van der Waals surface area contributed by atoms with E-state index in [9.17, 15) is 17.2 Å². The Morgan fingerprint density at radius 2 is 1.89 bits per heavy atom. The molecule has 3 aromatic rings. The fraction of sp³-hybridized carbons (Fsp3) is 0.263. The number of sulfone groups is 1. The van der Waals surface area contributed by atoms with E-state index in [1.807, 2.05) is 0 Å². The summed E-state index contributed by atoms with van der Waals surface area (Å²) < 4.78 is 63.6. The van der Waals surface area contributed by atoms with E-state index in [1.165, 1.54) is 19.2 Å². The Kier molecular flexibility index (Phi) is 4.96. The fourth-order valence-corrected chi connectivity index (χ4v) is 4.45. The smallest absolute Gasteiger partial charge is 0.206 e. The maximum Gasteiger partial charge on any atom is 0.206 e. The molecule has 8 heteroatoms. The molecule has 0 saturated heterocycles. The van der Waals surface area contributed by atoms with Gasteiger partial charge in [-0.3, -0.25) is 0 Å². The number of halogens is 2. The van der Waals surface area contributed by atoms with E-state index < -0.39 is 21.5 Å². The highest BCUT2D eigenvalue weighted by atomic mass is 32.2. The summed E-state index contributed by atoms with van der Waals surface area (Å²) in [6.07, 6.45) is 0.693.